The number of hydrogen-bond donors (Lipinski definition) is 3. The van der Waals surface area contributed by atoms with Gasteiger partial charge in [-0.25, -0.2) is 4.79 Å². The lowest BCUT2D eigenvalue weighted by molar-refractivity contribution is 0.102. The summed E-state index contributed by atoms with van der Waals surface area (Å²) >= 11 is 6.17. The quantitative estimate of drug-likeness (QED) is 0.794. The van der Waals surface area contributed by atoms with Crippen molar-refractivity contribution in [2.75, 3.05) is 23.8 Å². The normalized spacial score (nSPS) is 12.4. The largest absolute Gasteiger partial charge is 0.486 e. The molecule has 0 fully saturated rings. The monoisotopic (exact) mass is 347 g/mol. The SMILES string of the molecule is NC(=O)Nc1cccc(C(=O)Nc2cc3c(cc2Cl)OCCO3)c1. The zero-order chi connectivity index (χ0) is 17.1. The lowest BCUT2D eigenvalue weighted by Gasteiger charge is -2.20. The number of primary amides is 1. The molecular weight excluding hydrogens is 334 g/mol. The highest BCUT2D eigenvalue weighted by atomic mass is 35.5. The molecule has 0 spiro atoms. The minimum Gasteiger partial charge on any atom is -0.486 e. The molecule has 0 atom stereocenters. The second kappa shape index (κ2) is 6.67. The maximum Gasteiger partial charge on any atom is 0.316 e. The highest BCUT2D eigenvalue weighted by Crippen LogP contribution is 2.38. The molecule has 124 valence electrons. The molecule has 1 aliphatic heterocycles. The van der Waals surface area contributed by atoms with Gasteiger partial charge in [-0.3, -0.25) is 4.79 Å². The maximum atomic E-state index is 12.4. The van der Waals surface area contributed by atoms with E-state index >= 15 is 0 Å². The van der Waals surface area contributed by atoms with E-state index in [0.29, 0.717) is 46.7 Å². The van der Waals surface area contributed by atoms with Crippen LogP contribution in [0.4, 0.5) is 16.2 Å². The van der Waals surface area contributed by atoms with Crippen LogP contribution < -0.4 is 25.8 Å². The van der Waals surface area contributed by atoms with Crippen molar-refractivity contribution in [3.63, 3.8) is 0 Å². The van der Waals surface area contributed by atoms with Crippen molar-refractivity contribution in [1.29, 1.82) is 0 Å². The average molecular weight is 348 g/mol. The Balaban J connectivity index is 1.81. The second-order valence-electron chi connectivity index (χ2n) is 5.00. The zero-order valence-electron chi connectivity index (χ0n) is 12.5. The summed E-state index contributed by atoms with van der Waals surface area (Å²) in [5, 5.41) is 5.45. The number of amides is 3. The summed E-state index contributed by atoms with van der Waals surface area (Å²) in [4.78, 5) is 23.3. The van der Waals surface area contributed by atoms with Crippen LogP contribution in [0.5, 0.6) is 11.5 Å². The number of carbonyl (C=O) groups is 2. The van der Waals surface area contributed by atoms with Crippen molar-refractivity contribution < 1.29 is 19.1 Å². The fourth-order valence-electron chi connectivity index (χ4n) is 2.23. The van der Waals surface area contributed by atoms with Crippen molar-refractivity contribution in [2.24, 2.45) is 5.73 Å². The van der Waals surface area contributed by atoms with Gasteiger partial charge in [0.15, 0.2) is 11.5 Å². The van der Waals surface area contributed by atoms with Gasteiger partial charge >= 0.3 is 6.03 Å². The number of halogens is 1. The van der Waals surface area contributed by atoms with Gasteiger partial charge in [0, 0.05) is 23.4 Å². The van der Waals surface area contributed by atoms with Crippen LogP contribution >= 0.6 is 11.6 Å². The van der Waals surface area contributed by atoms with E-state index in [1.54, 1.807) is 30.3 Å². The number of nitrogens with two attached hydrogens (primary N) is 1. The molecule has 0 radical (unpaired) electrons. The average Bonchev–Trinajstić information content (AvgIpc) is 2.55. The number of fused-ring (bicyclic) bond motifs is 1. The van der Waals surface area contributed by atoms with E-state index in [2.05, 4.69) is 10.6 Å². The molecule has 0 aromatic heterocycles. The molecule has 1 heterocycles. The van der Waals surface area contributed by atoms with Gasteiger partial charge in [-0.05, 0) is 18.2 Å². The molecule has 0 bridgehead atoms. The van der Waals surface area contributed by atoms with Crippen LogP contribution in [-0.2, 0) is 0 Å². The first-order chi connectivity index (χ1) is 11.5. The minimum absolute atomic E-state index is 0.332. The van der Waals surface area contributed by atoms with E-state index in [1.165, 1.54) is 6.07 Å². The van der Waals surface area contributed by atoms with E-state index in [4.69, 9.17) is 26.8 Å². The van der Waals surface area contributed by atoms with Crippen LogP contribution in [0.25, 0.3) is 0 Å². The van der Waals surface area contributed by atoms with Crippen molar-refractivity contribution in [2.45, 2.75) is 0 Å². The number of hydrogen-bond acceptors (Lipinski definition) is 4. The molecule has 1 aliphatic rings. The van der Waals surface area contributed by atoms with E-state index in [-0.39, 0.29) is 5.91 Å². The fourth-order valence-corrected chi connectivity index (χ4v) is 2.44. The van der Waals surface area contributed by atoms with Gasteiger partial charge in [0.1, 0.15) is 13.2 Å². The third-order valence-corrected chi connectivity index (χ3v) is 3.59. The van der Waals surface area contributed by atoms with Crippen LogP contribution in [0.3, 0.4) is 0 Å². The maximum absolute atomic E-state index is 12.4. The van der Waals surface area contributed by atoms with E-state index in [9.17, 15) is 9.59 Å². The Morgan fingerprint density at radius 3 is 2.46 bits per heavy atom. The van der Waals surface area contributed by atoms with Gasteiger partial charge < -0.3 is 25.8 Å². The first-order valence-corrected chi connectivity index (χ1v) is 7.48. The summed E-state index contributed by atoms with van der Waals surface area (Å²) in [5.41, 5.74) is 6.23. The van der Waals surface area contributed by atoms with Gasteiger partial charge in [-0.15, -0.1) is 0 Å². The Kier molecular flexibility index (Phi) is 4.43. The number of anilines is 2. The summed E-state index contributed by atoms with van der Waals surface area (Å²) in [6.07, 6.45) is 0. The Bertz CT molecular complexity index is 810. The summed E-state index contributed by atoms with van der Waals surface area (Å²) in [6, 6.07) is 8.86. The van der Waals surface area contributed by atoms with Gasteiger partial charge in [-0.2, -0.15) is 0 Å². The minimum atomic E-state index is -0.706. The lowest BCUT2D eigenvalue weighted by atomic mass is 10.1. The summed E-state index contributed by atoms with van der Waals surface area (Å²) in [5.74, 6) is 0.670. The summed E-state index contributed by atoms with van der Waals surface area (Å²) in [7, 11) is 0. The topological polar surface area (TPSA) is 103 Å². The van der Waals surface area contributed by atoms with Crippen LogP contribution in [0.15, 0.2) is 36.4 Å². The first kappa shape index (κ1) is 15.9. The fraction of sp³-hybridized carbons (Fsp3) is 0.125. The first-order valence-electron chi connectivity index (χ1n) is 7.10. The number of rotatable bonds is 3. The Hall–Kier alpha value is -2.93. The number of ether oxygens (including phenoxy) is 2. The number of benzene rings is 2. The molecule has 3 amide bonds. The Morgan fingerprint density at radius 2 is 1.75 bits per heavy atom. The molecule has 0 saturated carbocycles. The molecule has 4 N–H and O–H groups in total. The van der Waals surface area contributed by atoms with Crippen molar-refractivity contribution >= 4 is 34.9 Å². The Morgan fingerprint density at radius 1 is 1.04 bits per heavy atom. The molecule has 2 aromatic carbocycles. The number of nitrogens with one attached hydrogen (secondary N) is 2. The van der Waals surface area contributed by atoms with E-state index < -0.39 is 6.03 Å². The van der Waals surface area contributed by atoms with E-state index in [1.807, 2.05) is 0 Å². The molecule has 2 aromatic rings. The molecule has 8 heteroatoms. The van der Waals surface area contributed by atoms with Crippen molar-refractivity contribution in [1.82, 2.24) is 0 Å². The van der Waals surface area contributed by atoms with Gasteiger partial charge in [-0.1, -0.05) is 17.7 Å². The van der Waals surface area contributed by atoms with Crippen LogP contribution in [0, 0.1) is 0 Å². The predicted molar refractivity (Wildman–Crippen MR) is 90.0 cm³/mol. The van der Waals surface area contributed by atoms with Crippen molar-refractivity contribution in [3.05, 3.63) is 47.0 Å². The lowest BCUT2D eigenvalue weighted by Crippen LogP contribution is -2.20. The van der Waals surface area contributed by atoms with Crippen LogP contribution in [-0.4, -0.2) is 25.2 Å². The van der Waals surface area contributed by atoms with Gasteiger partial charge in [0.25, 0.3) is 5.91 Å². The molecule has 7 nitrogen and oxygen atoms in total. The predicted octanol–water partition coefficient (Wildman–Crippen LogP) is 2.85. The van der Waals surface area contributed by atoms with Gasteiger partial charge in [0.2, 0.25) is 0 Å². The molecule has 0 unspecified atom stereocenters. The standard InChI is InChI=1S/C16H14ClN3O4/c17-11-7-13-14(24-5-4-23-13)8-12(11)20-15(21)9-2-1-3-10(6-9)19-16(18)22/h1-3,6-8H,4-5H2,(H,20,21)(H3,18,19,22). The molecule has 3 rings (SSSR count). The van der Waals surface area contributed by atoms with Crippen molar-refractivity contribution in [3.8, 4) is 11.5 Å². The summed E-state index contributed by atoms with van der Waals surface area (Å²) < 4.78 is 10.9. The highest BCUT2D eigenvalue weighted by molar-refractivity contribution is 6.34. The molecule has 0 saturated heterocycles. The number of urea groups is 1. The summed E-state index contributed by atoms with van der Waals surface area (Å²) in [6.45, 7) is 0.886. The zero-order valence-corrected chi connectivity index (χ0v) is 13.2. The third kappa shape index (κ3) is 3.52. The van der Waals surface area contributed by atoms with E-state index in [0.717, 1.165) is 0 Å². The Labute approximate surface area is 142 Å². The van der Waals surface area contributed by atoms with Crippen LogP contribution in [0.2, 0.25) is 5.02 Å². The molecule has 0 aliphatic carbocycles. The number of carbonyl (C=O) groups excluding carboxylic acids is 2. The second-order valence-corrected chi connectivity index (χ2v) is 5.41. The molecular formula is C16H14ClN3O4. The van der Waals surface area contributed by atoms with Gasteiger partial charge in [0.05, 0.1) is 10.7 Å². The molecule has 24 heavy (non-hydrogen) atoms. The third-order valence-electron chi connectivity index (χ3n) is 3.27. The van der Waals surface area contributed by atoms with Crippen LogP contribution in [0.1, 0.15) is 10.4 Å². The highest BCUT2D eigenvalue weighted by Gasteiger charge is 2.17. The smallest absolute Gasteiger partial charge is 0.316 e.